The minimum Gasteiger partial charge on any atom is -0.481 e. The lowest BCUT2D eigenvalue weighted by atomic mass is 9.99. The monoisotopic (exact) mass is 308 g/mol. The maximum atomic E-state index is 11.7. The molecule has 0 aliphatic heterocycles. The van der Waals surface area contributed by atoms with Gasteiger partial charge in [-0.25, -0.2) is 13.2 Å². The Labute approximate surface area is 120 Å². The van der Waals surface area contributed by atoms with E-state index in [4.69, 9.17) is 5.11 Å². The maximum absolute atomic E-state index is 11.7. The van der Waals surface area contributed by atoms with E-state index in [1.807, 2.05) is 0 Å². The fourth-order valence-electron chi connectivity index (χ4n) is 1.26. The number of aliphatic carboxylic acids is 1. The Morgan fingerprint density at radius 1 is 1.15 bits per heavy atom. The van der Waals surface area contributed by atoms with Gasteiger partial charge in [-0.2, -0.15) is 0 Å². The number of rotatable bonds is 7. The molecule has 0 unspecified atom stereocenters. The van der Waals surface area contributed by atoms with Gasteiger partial charge in [0.15, 0.2) is 9.84 Å². The van der Waals surface area contributed by atoms with Gasteiger partial charge in [0, 0.05) is 24.8 Å². The van der Waals surface area contributed by atoms with Crippen molar-refractivity contribution in [1.29, 1.82) is 0 Å². The lowest BCUT2D eigenvalue weighted by molar-refractivity contribution is -0.137. The van der Waals surface area contributed by atoms with Crippen LogP contribution < -0.4 is 10.6 Å². The van der Waals surface area contributed by atoms with Gasteiger partial charge in [0.05, 0.1) is 4.75 Å². The van der Waals surface area contributed by atoms with Crippen LogP contribution >= 0.6 is 0 Å². The van der Waals surface area contributed by atoms with Gasteiger partial charge in [0.25, 0.3) is 0 Å². The predicted molar refractivity (Wildman–Crippen MR) is 76.4 cm³/mol. The first kappa shape index (κ1) is 18.7. The average Bonchev–Trinajstić information content (AvgIpc) is 2.22. The van der Waals surface area contributed by atoms with Crippen LogP contribution in [-0.2, 0) is 14.6 Å². The third kappa shape index (κ3) is 6.74. The van der Waals surface area contributed by atoms with Crippen LogP contribution in [0.1, 0.15) is 40.5 Å². The molecule has 0 bridgehead atoms. The summed E-state index contributed by atoms with van der Waals surface area (Å²) in [5, 5.41) is 13.7. The highest BCUT2D eigenvalue weighted by Crippen LogP contribution is 2.14. The fraction of sp³-hybridized carbons (Fsp3) is 0.833. The van der Waals surface area contributed by atoms with Crippen LogP contribution in [0.4, 0.5) is 4.79 Å². The number of carboxylic acid groups (broad SMARTS) is 1. The van der Waals surface area contributed by atoms with Crippen molar-refractivity contribution in [3.63, 3.8) is 0 Å². The van der Waals surface area contributed by atoms with Gasteiger partial charge in [-0.1, -0.05) is 0 Å². The molecule has 0 radical (unpaired) electrons. The first-order valence-corrected chi connectivity index (χ1v) is 8.13. The molecule has 0 atom stereocenters. The second-order valence-electron chi connectivity index (χ2n) is 6.12. The number of carbonyl (C=O) groups is 2. The van der Waals surface area contributed by atoms with E-state index in [1.165, 1.54) is 13.8 Å². The molecule has 0 aliphatic carbocycles. The Hall–Kier alpha value is -1.31. The van der Waals surface area contributed by atoms with Crippen LogP contribution in [-0.4, -0.2) is 48.6 Å². The summed E-state index contributed by atoms with van der Waals surface area (Å²) in [5.74, 6) is -0.932. The lowest BCUT2D eigenvalue weighted by Crippen LogP contribution is -2.52. The molecule has 8 heteroatoms. The number of hydrogen-bond acceptors (Lipinski definition) is 4. The molecule has 0 aromatic heterocycles. The van der Waals surface area contributed by atoms with E-state index in [-0.39, 0.29) is 19.4 Å². The van der Waals surface area contributed by atoms with Crippen molar-refractivity contribution in [2.24, 2.45) is 0 Å². The SMILES string of the molecule is CC(C)(CCC(=O)O)NC(=O)NCC(C)(C)S(C)(=O)=O. The Bertz CT molecular complexity index is 468. The van der Waals surface area contributed by atoms with Crippen LogP contribution in [0.25, 0.3) is 0 Å². The van der Waals surface area contributed by atoms with E-state index < -0.39 is 32.1 Å². The zero-order chi connectivity index (χ0) is 16.2. The van der Waals surface area contributed by atoms with Crippen LogP contribution in [0.2, 0.25) is 0 Å². The molecule has 0 aromatic rings. The third-order valence-corrected chi connectivity index (χ3v) is 5.25. The van der Waals surface area contributed by atoms with E-state index in [1.54, 1.807) is 13.8 Å². The van der Waals surface area contributed by atoms with E-state index in [0.29, 0.717) is 0 Å². The highest BCUT2D eigenvalue weighted by atomic mass is 32.2. The summed E-state index contributed by atoms with van der Waals surface area (Å²) in [6.45, 7) is 6.44. The normalized spacial score (nSPS) is 12.8. The molecule has 7 nitrogen and oxygen atoms in total. The van der Waals surface area contributed by atoms with Gasteiger partial charge in [-0.15, -0.1) is 0 Å². The quantitative estimate of drug-likeness (QED) is 0.642. The first-order valence-electron chi connectivity index (χ1n) is 6.24. The number of carbonyl (C=O) groups excluding carboxylic acids is 1. The molecular weight excluding hydrogens is 284 g/mol. The van der Waals surface area contributed by atoms with Gasteiger partial charge in [0.1, 0.15) is 0 Å². The number of amides is 2. The fourth-order valence-corrected chi connectivity index (χ4v) is 1.59. The topological polar surface area (TPSA) is 113 Å². The van der Waals surface area contributed by atoms with Crippen molar-refractivity contribution in [1.82, 2.24) is 10.6 Å². The van der Waals surface area contributed by atoms with Crippen molar-refractivity contribution >= 4 is 21.8 Å². The molecule has 0 aromatic carbocycles. The molecule has 20 heavy (non-hydrogen) atoms. The number of urea groups is 1. The van der Waals surface area contributed by atoms with Gasteiger partial charge in [0.2, 0.25) is 0 Å². The zero-order valence-corrected chi connectivity index (χ0v) is 13.4. The largest absolute Gasteiger partial charge is 0.481 e. The number of sulfone groups is 1. The Balaban J connectivity index is 4.41. The van der Waals surface area contributed by atoms with Crippen LogP contribution in [0.15, 0.2) is 0 Å². The lowest BCUT2D eigenvalue weighted by Gasteiger charge is -2.28. The first-order chi connectivity index (χ1) is 8.77. The Morgan fingerprint density at radius 2 is 1.65 bits per heavy atom. The predicted octanol–water partition coefficient (Wildman–Crippen LogP) is 0.752. The van der Waals surface area contributed by atoms with Crippen molar-refractivity contribution in [3.8, 4) is 0 Å². The highest BCUT2D eigenvalue weighted by Gasteiger charge is 2.31. The minimum atomic E-state index is -3.28. The van der Waals surface area contributed by atoms with Crippen LogP contribution in [0.5, 0.6) is 0 Å². The zero-order valence-electron chi connectivity index (χ0n) is 12.6. The van der Waals surface area contributed by atoms with E-state index >= 15 is 0 Å². The standard InChI is InChI=1S/C12H24N2O5S/c1-11(2,7-6-9(15)16)14-10(17)13-8-12(3,4)20(5,18)19/h6-8H2,1-5H3,(H,15,16)(H2,13,14,17). The molecule has 0 heterocycles. The average molecular weight is 308 g/mol. The summed E-state index contributed by atoms with van der Waals surface area (Å²) >= 11 is 0. The summed E-state index contributed by atoms with van der Waals surface area (Å²) in [7, 11) is -3.28. The molecule has 0 saturated carbocycles. The summed E-state index contributed by atoms with van der Waals surface area (Å²) in [6, 6.07) is -0.517. The summed E-state index contributed by atoms with van der Waals surface area (Å²) in [5.41, 5.74) is -0.683. The number of nitrogens with one attached hydrogen (secondary N) is 2. The van der Waals surface area contributed by atoms with Crippen molar-refractivity contribution in [2.45, 2.75) is 50.8 Å². The highest BCUT2D eigenvalue weighted by molar-refractivity contribution is 7.92. The molecule has 0 rings (SSSR count). The maximum Gasteiger partial charge on any atom is 0.315 e. The van der Waals surface area contributed by atoms with Crippen LogP contribution in [0, 0.1) is 0 Å². The molecule has 0 spiro atoms. The summed E-state index contributed by atoms with van der Waals surface area (Å²) < 4.78 is 21.9. The van der Waals surface area contributed by atoms with Gasteiger partial charge in [-0.3, -0.25) is 4.79 Å². The third-order valence-electron chi connectivity index (χ3n) is 3.09. The van der Waals surface area contributed by atoms with Crippen molar-refractivity contribution < 1.29 is 23.1 Å². The molecule has 0 aliphatic rings. The van der Waals surface area contributed by atoms with Gasteiger partial charge in [-0.05, 0) is 34.1 Å². The van der Waals surface area contributed by atoms with E-state index in [9.17, 15) is 18.0 Å². The van der Waals surface area contributed by atoms with Gasteiger partial charge < -0.3 is 15.7 Å². The van der Waals surface area contributed by atoms with E-state index in [0.717, 1.165) is 6.26 Å². The molecule has 2 amide bonds. The number of hydrogen-bond donors (Lipinski definition) is 3. The van der Waals surface area contributed by atoms with Gasteiger partial charge >= 0.3 is 12.0 Å². The number of carboxylic acids is 1. The second-order valence-corrected chi connectivity index (χ2v) is 8.77. The van der Waals surface area contributed by atoms with E-state index in [2.05, 4.69) is 10.6 Å². The summed E-state index contributed by atoms with van der Waals surface area (Å²) in [4.78, 5) is 22.2. The molecule has 0 fully saturated rings. The molecule has 3 N–H and O–H groups in total. The molecular formula is C12H24N2O5S. The molecule has 0 saturated heterocycles. The Morgan fingerprint density at radius 3 is 2.05 bits per heavy atom. The molecule has 118 valence electrons. The minimum absolute atomic E-state index is 0.0212. The smallest absolute Gasteiger partial charge is 0.315 e. The van der Waals surface area contributed by atoms with Crippen molar-refractivity contribution in [3.05, 3.63) is 0 Å². The van der Waals surface area contributed by atoms with Crippen molar-refractivity contribution in [2.75, 3.05) is 12.8 Å². The Kier molecular flexibility index (Phi) is 6.01. The van der Waals surface area contributed by atoms with Crippen LogP contribution in [0.3, 0.4) is 0 Å². The summed E-state index contributed by atoms with van der Waals surface area (Å²) in [6.07, 6.45) is 1.34. The second kappa shape index (κ2) is 6.43.